The number of rotatable bonds is 3. The van der Waals surface area contributed by atoms with Gasteiger partial charge in [0.15, 0.2) is 0 Å². The van der Waals surface area contributed by atoms with Gasteiger partial charge in [0, 0.05) is 13.1 Å². The van der Waals surface area contributed by atoms with E-state index < -0.39 is 48.5 Å². The van der Waals surface area contributed by atoms with Crippen molar-refractivity contribution in [3.63, 3.8) is 0 Å². The number of amides is 1. The Morgan fingerprint density at radius 1 is 1.23 bits per heavy atom. The molecule has 2 aromatic rings. The van der Waals surface area contributed by atoms with Crippen LogP contribution in [0.15, 0.2) is 39.7 Å². The summed E-state index contributed by atoms with van der Waals surface area (Å²) in [4.78, 5) is 38.8. The largest absolute Gasteiger partial charge is 0.481 e. The van der Waals surface area contributed by atoms with Crippen molar-refractivity contribution >= 4 is 11.9 Å². The monoisotopic (exact) mass is 370 g/mol. The van der Waals surface area contributed by atoms with Crippen LogP contribution in [0.2, 0.25) is 0 Å². The van der Waals surface area contributed by atoms with E-state index in [2.05, 4.69) is 4.98 Å². The molecule has 26 heavy (non-hydrogen) atoms. The fourth-order valence-electron chi connectivity index (χ4n) is 2.94. The van der Waals surface area contributed by atoms with Gasteiger partial charge in [-0.15, -0.1) is 0 Å². The van der Waals surface area contributed by atoms with Crippen LogP contribution >= 0.6 is 0 Å². The van der Waals surface area contributed by atoms with E-state index in [4.69, 9.17) is 9.52 Å². The maximum Gasteiger partial charge on any atom is 0.394 e. The molecule has 1 aliphatic heterocycles. The molecule has 1 saturated heterocycles. The minimum Gasteiger partial charge on any atom is -0.481 e. The van der Waals surface area contributed by atoms with Crippen molar-refractivity contribution in [1.82, 2.24) is 9.88 Å². The molecule has 7 nitrogen and oxygen atoms in total. The van der Waals surface area contributed by atoms with E-state index >= 15 is 0 Å². The number of hydrogen-bond donors (Lipinski definition) is 2. The number of pyridine rings is 1. The van der Waals surface area contributed by atoms with Gasteiger partial charge in [0.2, 0.25) is 0 Å². The second kappa shape index (κ2) is 6.36. The standard InChI is InChI=1S/C16H13F3N2O5/c17-16(18,19)10-7-21(6-9(10)15(24)25)14(23)8-3-4-11(20-13(8)22)12-2-1-5-26-12/h1-5,9-10H,6-7H2,(H,20,22)(H,24,25)/t9-,10-/m1/s1. The third-order valence-corrected chi connectivity index (χ3v) is 4.27. The number of likely N-dealkylation sites (tertiary alicyclic amines) is 1. The summed E-state index contributed by atoms with van der Waals surface area (Å²) < 4.78 is 44.2. The van der Waals surface area contributed by atoms with Crippen molar-refractivity contribution in [2.24, 2.45) is 11.8 Å². The Balaban J connectivity index is 1.86. The van der Waals surface area contributed by atoms with Gasteiger partial charge in [-0.3, -0.25) is 14.4 Å². The Bertz CT molecular complexity index is 888. The van der Waals surface area contributed by atoms with Gasteiger partial charge in [-0.25, -0.2) is 0 Å². The molecule has 138 valence electrons. The van der Waals surface area contributed by atoms with Crippen LogP contribution in [0.1, 0.15) is 10.4 Å². The highest BCUT2D eigenvalue weighted by atomic mass is 19.4. The van der Waals surface area contributed by atoms with Crippen molar-refractivity contribution in [2.75, 3.05) is 13.1 Å². The third kappa shape index (κ3) is 3.22. The molecular formula is C16H13F3N2O5. The number of nitrogens with one attached hydrogen (secondary N) is 1. The molecule has 2 N–H and O–H groups in total. The normalized spacial score (nSPS) is 20.3. The van der Waals surface area contributed by atoms with E-state index in [1.807, 2.05) is 0 Å². The fraction of sp³-hybridized carbons (Fsp3) is 0.312. The molecule has 0 spiro atoms. The Morgan fingerprint density at radius 2 is 1.96 bits per heavy atom. The van der Waals surface area contributed by atoms with Crippen molar-refractivity contribution < 1.29 is 32.3 Å². The summed E-state index contributed by atoms with van der Waals surface area (Å²) in [5, 5.41) is 9.00. The summed E-state index contributed by atoms with van der Waals surface area (Å²) in [6, 6.07) is 5.74. The average molecular weight is 370 g/mol. The zero-order valence-electron chi connectivity index (χ0n) is 13.1. The smallest absolute Gasteiger partial charge is 0.394 e. The van der Waals surface area contributed by atoms with E-state index in [1.165, 1.54) is 18.4 Å². The minimum atomic E-state index is -4.76. The van der Waals surface area contributed by atoms with Crippen molar-refractivity contribution in [3.05, 3.63) is 46.4 Å². The van der Waals surface area contributed by atoms with Gasteiger partial charge >= 0.3 is 12.1 Å². The summed E-state index contributed by atoms with van der Waals surface area (Å²) in [6.07, 6.45) is -3.37. The predicted octanol–water partition coefficient (Wildman–Crippen LogP) is 1.97. The van der Waals surface area contributed by atoms with Crippen molar-refractivity contribution in [1.29, 1.82) is 0 Å². The first kappa shape index (κ1) is 17.8. The van der Waals surface area contributed by atoms with Crippen molar-refractivity contribution in [2.45, 2.75) is 6.18 Å². The Morgan fingerprint density at radius 3 is 2.46 bits per heavy atom. The Hall–Kier alpha value is -3.04. The van der Waals surface area contributed by atoms with Crippen LogP contribution in [0.25, 0.3) is 11.5 Å². The molecule has 0 aliphatic carbocycles. The summed E-state index contributed by atoms with van der Waals surface area (Å²) in [7, 11) is 0. The molecule has 10 heteroatoms. The van der Waals surface area contributed by atoms with Crippen molar-refractivity contribution in [3.8, 4) is 11.5 Å². The van der Waals surface area contributed by atoms with E-state index in [0.29, 0.717) is 11.5 Å². The lowest BCUT2D eigenvalue weighted by Gasteiger charge is -2.18. The number of carboxylic acid groups (broad SMARTS) is 1. The molecule has 0 radical (unpaired) electrons. The predicted molar refractivity (Wildman–Crippen MR) is 81.3 cm³/mol. The number of furan rings is 1. The lowest BCUT2D eigenvalue weighted by Crippen LogP contribution is -2.35. The Kier molecular flexibility index (Phi) is 4.34. The summed E-state index contributed by atoms with van der Waals surface area (Å²) >= 11 is 0. The number of nitrogens with zero attached hydrogens (tertiary/aromatic N) is 1. The zero-order chi connectivity index (χ0) is 19.1. The van der Waals surface area contributed by atoms with E-state index in [1.54, 1.807) is 12.1 Å². The Labute approximate surface area is 144 Å². The molecule has 2 atom stereocenters. The van der Waals surface area contributed by atoms with Crippen LogP contribution in [-0.4, -0.2) is 46.1 Å². The molecule has 0 aromatic carbocycles. The van der Waals surface area contributed by atoms with E-state index in [-0.39, 0.29) is 5.56 Å². The van der Waals surface area contributed by atoms with Gasteiger partial charge in [0.05, 0.1) is 23.8 Å². The number of H-pyrrole nitrogens is 1. The second-order valence-corrected chi connectivity index (χ2v) is 5.90. The number of carbonyl (C=O) groups is 2. The van der Waals surface area contributed by atoms with Gasteiger partial charge in [-0.2, -0.15) is 13.2 Å². The third-order valence-electron chi connectivity index (χ3n) is 4.27. The lowest BCUT2D eigenvalue weighted by molar-refractivity contribution is -0.187. The number of aromatic nitrogens is 1. The number of carbonyl (C=O) groups excluding carboxylic acids is 1. The first-order valence-electron chi connectivity index (χ1n) is 7.54. The highest BCUT2D eigenvalue weighted by molar-refractivity contribution is 5.94. The topological polar surface area (TPSA) is 104 Å². The fourth-order valence-corrected chi connectivity index (χ4v) is 2.94. The van der Waals surface area contributed by atoms with Gasteiger partial charge in [0.25, 0.3) is 11.5 Å². The SMILES string of the molecule is O=C(O)[C@@H]1CN(C(=O)c2ccc(-c3ccco3)[nH]c2=O)C[C@H]1C(F)(F)F. The second-order valence-electron chi connectivity index (χ2n) is 5.90. The molecule has 1 amide bonds. The van der Waals surface area contributed by atoms with E-state index in [0.717, 1.165) is 4.90 Å². The summed E-state index contributed by atoms with van der Waals surface area (Å²) in [5.41, 5.74) is -0.868. The highest BCUT2D eigenvalue weighted by Gasteiger charge is 2.53. The first-order chi connectivity index (χ1) is 12.2. The number of aliphatic carboxylic acids is 1. The molecule has 0 bridgehead atoms. The van der Waals surface area contributed by atoms with Crippen LogP contribution in [0, 0.1) is 11.8 Å². The van der Waals surface area contributed by atoms with Gasteiger partial charge in [-0.1, -0.05) is 0 Å². The van der Waals surface area contributed by atoms with Gasteiger partial charge < -0.3 is 19.4 Å². The number of halogens is 3. The molecule has 3 rings (SSSR count). The minimum absolute atomic E-state index is 0.301. The number of carboxylic acids is 1. The zero-order valence-corrected chi connectivity index (χ0v) is 13.1. The molecule has 1 aliphatic rings. The number of alkyl halides is 3. The van der Waals surface area contributed by atoms with Gasteiger partial charge in [-0.05, 0) is 24.3 Å². The quantitative estimate of drug-likeness (QED) is 0.860. The molecule has 0 saturated carbocycles. The first-order valence-corrected chi connectivity index (χ1v) is 7.54. The van der Waals surface area contributed by atoms with Gasteiger partial charge in [0.1, 0.15) is 11.3 Å². The molecule has 1 fully saturated rings. The maximum atomic E-state index is 13.0. The van der Waals surface area contributed by atoms with Crippen LogP contribution in [0.4, 0.5) is 13.2 Å². The summed E-state index contributed by atoms with van der Waals surface area (Å²) in [6.45, 7) is -1.42. The molecular weight excluding hydrogens is 357 g/mol. The molecule has 2 aromatic heterocycles. The number of hydrogen-bond acceptors (Lipinski definition) is 4. The lowest BCUT2D eigenvalue weighted by atomic mass is 9.96. The average Bonchev–Trinajstić information content (AvgIpc) is 3.23. The van der Waals surface area contributed by atoms with Crippen LogP contribution < -0.4 is 5.56 Å². The highest BCUT2D eigenvalue weighted by Crippen LogP contribution is 2.38. The number of aromatic amines is 1. The van der Waals surface area contributed by atoms with Crippen LogP contribution in [0.5, 0.6) is 0 Å². The molecule has 0 unspecified atom stereocenters. The van der Waals surface area contributed by atoms with Crippen LogP contribution in [-0.2, 0) is 4.79 Å². The summed E-state index contributed by atoms with van der Waals surface area (Å²) in [5.74, 6) is -6.17. The maximum absolute atomic E-state index is 13.0. The van der Waals surface area contributed by atoms with Crippen LogP contribution in [0.3, 0.4) is 0 Å². The molecule has 3 heterocycles. The van der Waals surface area contributed by atoms with E-state index in [9.17, 15) is 27.6 Å².